The standard InChI is InChI=1S/C17H21BrFNO4/c1-17(2,3)24-16(23)20(9-5-4-6-15(21)22)11-12-10-13(19)7-8-14(12)18/h4,6-8,10H,5,9,11H2,1-3H3,(H,21,22)/b6-4+. The monoisotopic (exact) mass is 401 g/mol. The van der Waals surface area contributed by atoms with Gasteiger partial charge >= 0.3 is 12.1 Å². The highest BCUT2D eigenvalue weighted by atomic mass is 79.9. The average molecular weight is 402 g/mol. The second-order valence-electron chi connectivity index (χ2n) is 6.17. The minimum Gasteiger partial charge on any atom is -0.478 e. The van der Waals surface area contributed by atoms with Gasteiger partial charge in [-0.15, -0.1) is 0 Å². The lowest BCUT2D eigenvalue weighted by Gasteiger charge is -2.27. The molecular weight excluding hydrogens is 381 g/mol. The minimum absolute atomic E-state index is 0.147. The molecule has 0 saturated heterocycles. The zero-order valence-electron chi connectivity index (χ0n) is 13.9. The summed E-state index contributed by atoms with van der Waals surface area (Å²) >= 11 is 3.33. The highest BCUT2D eigenvalue weighted by Gasteiger charge is 2.22. The predicted molar refractivity (Wildman–Crippen MR) is 92.1 cm³/mol. The summed E-state index contributed by atoms with van der Waals surface area (Å²) < 4.78 is 19.5. The summed E-state index contributed by atoms with van der Waals surface area (Å²) in [4.78, 5) is 24.3. The number of carbonyl (C=O) groups excluding carboxylic acids is 1. The molecule has 5 nitrogen and oxygen atoms in total. The van der Waals surface area contributed by atoms with E-state index in [2.05, 4.69) is 15.9 Å². The number of hydrogen-bond donors (Lipinski definition) is 1. The fourth-order valence-electron chi connectivity index (χ4n) is 1.85. The quantitative estimate of drug-likeness (QED) is 0.719. The average Bonchev–Trinajstić information content (AvgIpc) is 2.43. The Labute approximate surface area is 149 Å². The molecule has 1 amide bonds. The third-order valence-corrected chi connectivity index (χ3v) is 3.62. The Balaban J connectivity index is 2.89. The van der Waals surface area contributed by atoms with E-state index in [9.17, 15) is 14.0 Å². The Morgan fingerprint density at radius 3 is 2.62 bits per heavy atom. The van der Waals surface area contributed by atoms with Crippen LogP contribution in [-0.4, -0.2) is 34.2 Å². The number of halogens is 2. The van der Waals surface area contributed by atoms with Crippen molar-refractivity contribution in [2.24, 2.45) is 0 Å². The fourth-order valence-corrected chi connectivity index (χ4v) is 2.22. The van der Waals surface area contributed by atoms with Crippen molar-refractivity contribution in [2.75, 3.05) is 6.54 Å². The van der Waals surface area contributed by atoms with Crippen LogP contribution in [0.4, 0.5) is 9.18 Å². The van der Waals surface area contributed by atoms with Crippen molar-refractivity contribution in [3.05, 3.63) is 46.2 Å². The summed E-state index contributed by atoms with van der Waals surface area (Å²) in [6, 6.07) is 4.23. The number of carboxylic acid groups (broad SMARTS) is 1. The number of amides is 1. The smallest absolute Gasteiger partial charge is 0.410 e. The van der Waals surface area contributed by atoms with Crippen LogP contribution in [0.1, 0.15) is 32.8 Å². The van der Waals surface area contributed by atoms with Gasteiger partial charge in [-0.05, 0) is 51.0 Å². The van der Waals surface area contributed by atoms with Crippen molar-refractivity contribution in [3.63, 3.8) is 0 Å². The van der Waals surface area contributed by atoms with Crippen molar-refractivity contribution in [1.82, 2.24) is 4.90 Å². The normalized spacial score (nSPS) is 11.5. The first-order chi connectivity index (χ1) is 11.1. The first-order valence-electron chi connectivity index (χ1n) is 7.40. The third kappa shape index (κ3) is 7.59. The summed E-state index contributed by atoms with van der Waals surface area (Å²) in [7, 11) is 0. The molecule has 1 aromatic carbocycles. The largest absolute Gasteiger partial charge is 0.478 e. The molecular formula is C17H21BrFNO4. The maximum atomic E-state index is 13.4. The van der Waals surface area contributed by atoms with E-state index >= 15 is 0 Å². The zero-order valence-corrected chi connectivity index (χ0v) is 15.5. The molecule has 0 aromatic heterocycles. The second-order valence-corrected chi connectivity index (χ2v) is 7.02. The van der Waals surface area contributed by atoms with Crippen LogP contribution in [0.3, 0.4) is 0 Å². The Kier molecular flexibility index (Phi) is 7.41. The van der Waals surface area contributed by atoms with Crippen LogP contribution in [0, 0.1) is 5.82 Å². The van der Waals surface area contributed by atoms with Crippen molar-refractivity contribution in [1.29, 1.82) is 0 Å². The number of benzene rings is 1. The Morgan fingerprint density at radius 2 is 2.04 bits per heavy atom. The van der Waals surface area contributed by atoms with E-state index in [0.29, 0.717) is 16.5 Å². The van der Waals surface area contributed by atoms with Gasteiger partial charge in [-0.3, -0.25) is 0 Å². The van der Waals surface area contributed by atoms with Gasteiger partial charge in [0.05, 0.1) is 6.54 Å². The first-order valence-corrected chi connectivity index (χ1v) is 8.19. The van der Waals surface area contributed by atoms with E-state index in [1.54, 1.807) is 26.8 Å². The lowest BCUT2D eigenvalue weighted by Crippen LogP contribution is -2.37. The van der Waals surface area contributed by atoms with Gasteiger partial charge in [-0.25, -0.2) is 14.0 Å². The van der Waals surface area contributed by atoms with E-state index in [-0.39, 0.29) is 13.1 Å². The van der Waals surface area contributed by atoms with Crippen LogP contribution < -0.4 is 0 Å². The number of ether oxygens (including phenoxy) is 1. The molecule has 1 rings (SSSR count). The lowest BCUT2D eigenvalue weighted by molar-refractivity contribution is -0.131. The molecule has 0 aliphatic rings. The van der Waals surface area contributed by atoms with Gasteiger partial charge in [0.25, 0.3) is 0 Å². The zero-order chi connectivity index (χ0) is 18.3. The number of hydrogen-bond acceptors (Lipinski definition) is 3. The van der Waals surface area contributed by atoms with Crippen molar-refractivity contribution >= 4 is 28.0 Å². The van der Waals surface area contributed by atoms with Gasteiger partial charge in [-0.1, -0.05) is 22.0 Å². The molecule has 0 aliphatic carbocycles. The van der Waals surface area contributed by atoms with Crippen molar-refractivity contribution < 1.29 is 23.8 Å². The summed E-state index contributed by atoms with van der Waals surface area (Å²) in [6.07, 6.45) is 2.28. The van der Waals surface area contributed by atoms with Crippen LogP contribution >= 0.6 is 15.9 Å². The van der Waals surface area contributed by atoms with Crippen LogP contribution in [0.5, 0.6) is 0 Å². The number of nitrogens with zero attached hydrogens (tertiary/aromatic N) is 1. The van der Waals surface area contributed by atoms with Gasteiger partial charge in [-0.2, -0.15) is 0 Å². The maximum absolute atomic E-state index is 13.4. The number of carboxylic acids is 1. The van der Waals surface area contributed by atoms with Crippen LogP contribution in [0.15, 0.2) is 34.8 Å². The predicted octanol–water partition coefficient (Wildman–Crippen LogP) is 4.36. The molecule has 24 heavy (non-hydrogen) atoms. The van der Waals surface area contributed by atoms with Gasteiger partial charge in [0.1, 0.15) is 11.4 Å². The minimum atomic E-state index is -1.05. The molecule has 0 aliphatic heterocycles. The van der Waals surface area contributed by atoms with Gasteiger partial charge in [0, 0.05) is 17.1 Å². The molecule has 7 heteroatoms. The Hall–Kier alpha value is -1.89. The Bertz CT molecular complexity index is 626. The SMILES string of the molecule is CC(C)(C)OC(=O)N(CC/C=C/C(=O)O)Cc1cc(F)ccc1Br. The molecule has 0 spiro atoms. The van der Waals surface area contributed by atoms with E-state index in [1.165, 1.54) is 23.1 Å². The van der Waals surface area contributed by atoms with Crippen molar-refractivity contribution in [3.8, 4) is 0 Å². The van der Waals surface area contributed by atoms with Gasteiger partial charge < -0.3 is 14.7 Å². The molecule has 1 aromatic rings. The van der Waals surface area contributed by atoms with Crippen molar-refractivity contribution in [2.45, 2.75) is 39.3 Å². The molecule has 132 valence electrons. The summed E-state index contributed by atoms with van der Waals surface area (Å²) in [5.74, 6) is -1.45. The molecule has 0 atom stereocenters. The Morgan fingerprint density at radius 1 is 1.38 bits per heavy atom. The molecule has 0 radical (unpaired) electrons. The van der Waals surface area contributed by atoms with Crippen LogP contribution in [-0.2, 0) is 16.1 Å². The highest BCUT2D eigenvalue weighted by Crippen LogP contribution is 2.21. The van der Waals surface area contributed by atoms with Gasteiger partial charge in [0.15, 0.2) is 0 Å². The number of rotatable bonds is 6. The van der Waals surface area contributed by atoms with E-state index < -0.39 is 23.5 Å². The third-order valence-electron chi connectivity index (χ3n) is 2.85. The number of aliphatic carboxylic acids is 1. The van der Waals surface area contributed by atoms with Crippen LogP contribution in [0.25, 0.3) is 0 Å². The highest BCUT2D eigenvalue weighted by molar-refractivity contribution is 9.10. The summed E-state index contributed by atoms with van der Waals surface area (Å²) in [5.41, 5.74) is -0.0612. The molecule has 0 saturated carbocycles. The topological polar surface area (TPSA) is 66.8 Å². The van der Waals surface area contributed by atoms with E-state index in [4.69, 9.17) is 9.84 Å². The molecule has 0 heterocycles. The number of carbonyl (C=O) groups is 2. The molecule has 1 N–H and O–H groups in total. The van der Waals surface area contributed by atoms with Gasteiger partial charge in [0.2, 0.25) is 0 Å². The lowest BCUT2D eigenvalue weighted by atomic mass is 10.2. The maximum Gasteiger partial charge on any atom is 0.410 e. The summed E-state index contributed by atoms with van der Waals surface area (Å²) in [6.45, 7) is 5.67. The molecule has 0 bridgehead atoms. The van der Waals surface area contributed by atoms with E-state index in [0.717, 1.165) is 6.08 Å². The molecule has 0 fully saturated rings. The first kappa shape index (κ1) is 20.2. The second kappa shape index (κ2) is 8.82. The van der Waals surface area contributed by atoms with Crippen LogP contribution in [0.2, 0.25) is 0 Å². The van der Waals surface area contributed by atoms with E-state index in [1.807, 2.05) is 0 Å². The molecule has 0 unspecified atom stereocenters. The fraction of sp³-hybridized carbons (Fsp3) is 0.412. The summed E-state index contributed by atoms with van der Waals surface area (Å²) in [5, 5.41) is 8.60.